The van der Waals surface area contributed by atoms with Crippen LogP contribution in [0.4, 0.5) is 0 Å². The minimum atomic E-state index is -1.06. The molecule has 0 spiro atoms. The van der Waals surface area contributed by atoms with E-state index < -0.39 is 11.0 Å². The van der Waals surface area contributed by atoms with Crippen LogP contribution in [-0.2, 0) is 23.8 Å². The van der Waals surface area contributed by atoms with Crippen molar-refractivity contribution in [1.82, 2.24) is 14.2 Å². The second-order valence-electron chi connectivity index (χ2n) is 6.18. The van der Waals surface area contributed by atoms with Gasteiger partial charge in [-0.3, -0.25) is 9.98 Å². The molecule has 0 radical (unpaired) electrons. The maximum atomic E-state index is 12.4. The molecule has 0 saturated heterocycles. The Morgan fingerprint density at radius 2 is 2.04 bits per heavy atom. The van der Waals surface area contributed by atoms with Crippen molar-refractivity contribution in [3.05, 3.63) is 39.6 Å². The second kappa shape index (κ2) is 7.42. The third-order valence-electron chi connectivity index (χ3n) is 4.46. The third-order valence-corrected chi connectivity index (χ3v) is 5.84. The van der Waals surface area contributed by atoms with Crippen LogP contribution in [0, 0.1) is 13.8 Å². The summed E-state index contributed by atoms with van der Waals surface area (Å²) in [5, 5.41) is 5.53. The molecule has 0 amide bonds. The molecule has 0 fully saturated rings. The molecule has 0 aromatic carbocycles. The number of H-pyrrole nitrogens is 1. The molecule has 0 saturated carbocycles. The molecule has 3 rings (SSSR count). The van der Waals surface area contributed by atoms with E-state index in [0.29, 0.717) is 5.75 Å². The van der Waals surface area contributed by atoms with Crippen LogP contribution in [0.5, 0.6) is 0 Å². The number of hydrogen-bond acceptors (Lipinski definition) is 4. The van der Waals surface area contributed by atoms with Crippen molar-refractivity contribution in [2.75, 3.05) is 18.8 Å². The summed E-state index contributed by atoms with van der Waals surface area (Å²) in [7, 11) is -1.06. The predicted molar refractivity (Wildman–Crippen MR) is 95.3 cm³/mol. The normalized spacial score (nSPS) is 14.8. The molecule has 6 nitrogen and oxygen atoms in total. The van der Waals surface area contributed by atoms with Gasteiger partial charge < -0.3 is 4.98 Å². The van der Waals surface area contributed by atoms with Gasteiger partial charge in [0.15, 0.2) is 5.49 Å². The van der Waals surface area contributed by atoms with Gasteiger partial charge in [-0.2, -0.15) is 9.19 Å². The smallest absolute Gasteiger partial charge is 0.151 e. The monoisotopic (exact) mass is 347 g/mol. The molecule has 2 aromatic rings. The number of aryl methyl sites for hydroxylation is 2. The molecule has 3 heterocycles. The van der Waals surface area contributed by atoms with E-state index in [0.717, 1.165) is 61.0 Å². The van der Waals surface area contributed by atoms with Gasteiger partial charge in [-0.05, 0) is 44.2 Å². The standard InChI is InChI=1S/C17H25N5OS/c1-4-5-10-24(23)22-13(3)15(12(2)21-22)7-6-14-11-20-17-16(14)18-8-9-19-17/h11H,4-10H2,1-3H3,(H,19,20). The van der Waals surface area contributed by atoms with Crippen LogP contribution in [0.25, 0.3) is 0 Å². The molecule has 1 aliphatic heterocycles. The van der Waals surface area contributed by atoms with Crippen molar-refractivity contribution in [3.63, 3.8) is 0 Å². The number of hydrogen-bond donors (Lipinski definition) is 1. The first-order chi connectivity index (χ1) is 11.6. The summed E-state index contributed by atoms with van der Waals surface area (Å²) in [5.41, 5.74) is 5.30. The van der Waals surface area contributed by atoms with Crippen LogP contribution < -0.4 is 10.8 Å². The first-order valence-electron chi connectivity index (χ1n) is 8.61. The van der Waals surface area contributed by atoms with Crippen molar-refractivity contribution in [2.24, 2.45) is 9.98 Å². The molecule has 1 unspecified atom stereocenters. The van der Waals surface area contributed by atoms with Crippen LogP contribution >= 0.6 is 0 Å². The van der Waals surface area contributed by atoms with Crippen LogP contribution in [0.2, 0.25) is 0 Å². The topological polar surface area (TPSA) is 75.4 Å². The Hall–Kier alpha value is -1.76. The molecule has 24 heavy (non-hydrogen) atoms. The number of fused-ring (bicyclic) bond motifs is 1. The highest BCUT2D eigenvalue weighted by Gasteiger charge is 2.16. The maximum absolute atomic E-state index is 12.4. The summed E-state index contributed by atoms with van der Waals surface area (Å²) in [6, 6.07) is 0. The molecule has 1 N–H and O–H groups in total. The Morgan fingerprint density at radius 1 is 1.25 bits per heavy atom. The first kappa shape index (κ1) is 17.1. The highest BCUT2D eigenvalue weighted by molar-refractivity contribution is 7.83. The highest BCUT2D eigenvalue weighted by atomic mass is 32.2. The Bertz CT molecular complexity index is 864. The molecule has 130 valence electrons. The van der Waals surface area contributed by atoms with Gasteiger partial charge in [0, 0.05) is 11.9 Å². The SMILES string of the molecule is CCCCS(=O)n1nc(C)c(CCc2c[nH]c3c2=NCCN=3)c1C. The number of nitrogens with one attached hydrogen (secondary N) is 1. The van der Waals surface area contributed by atoms with E-state index in [1.165, 1.54) is 11.1 Å². The molecule has 1 atom stereocenters. The van der Waals surface area contributed by atoms with Crippen LogP contribution in [0.3, 0.4) is 0 Å². The van der Waals surface area contributed by atoms with Crippen LogP contribution in [0.15, 0.2) is 16.2 Å². The van der Waals surface area contributed by atoms with E-state index in [9.17, 15) is 4.21 Å². The maximum Gasteiger partial charge on any atom is 0.151 e. The number of rotatable bonds is 7. The summed E-state index contributed by atoms with van der Waals surface area (Å²) in [6.45, 7) is 7.66. The summed E-state index contributed by atoms with van der Waals surface area (Å²) in [4.78, 5) is 12.2. The minimum absolute atomic E-state index is 0.670. The Morgan fingerprint density at radius 3 is 2.83 bits per heavy atom. The lowest BCUT2D eigenvalue weighted by Gasteiger charge is -2.05. The largest absolute Gasteiger partial charge is 0.345 e. The first-order valence-corrected chi connectivity index (χ1v) is 9.88. The summed E-state index contributed by atoms with van der Waals surface area (Å²) < 4.78 is 14.1. The fourth-order valence-electron chi connectivity index (χ4n) is 3.08. The average molecular weight is 347 g/mol. The predicted octanol–water partition coefficient (Wildman–Crippen LogP) is 1.18. The summed E-state index contributed by atoms with van der Waals surface area (Å²) in [5.74, 6) is 0.670. The Labute approximate surface area is 144 Å². The van der Waals surface area contributed by atoms with Crippen molar-refractivity contribution in [1.29, 1.82) is 0 Å². The van der Waals surface area contributed by atoms with E-state index >= 15 is 0 Å². The quantitative estimate of drug-likeness (QED) is 0.816. The highest BCUT2D eigenvalue weighted by Crippen LogP contribution is 2.16. The van der Waals surface area contributed by atoms with Gasteiger partial charge in [-0.25, -0.2) is 4.21 Å². The van der Waals surface area contributed by atoms with Gasteiger partial charge in [0.05, 0.1) is 24.5 Å². The number of nitrogens with zero attached hydrogens (tertiary/aromatic N) is 4. The van der Waals surface area contributed by atoms with Crippen LogP contribution in [0.1, 0.15) is 42.3 Å². The average Bonchev–Trinajstić information content (AvgIpc) is 3.12. The molecule has 2 aromatic heterocycles. The molecule has 1 aliphatic rings. The van der Waals surface area contributed by atoms with Crippen molar-refractivity contribution >= 4 is 11.0 Å². The molecule has 7 heteroatoms. The zero-order valence-corrected chi connectivity index (χ0v) is 15.4. The number of aromatic nitrogens is 3. The van der Waals surface area contributed by atoms with Crippen molar-refractivity contribution < 1.29 is 4.21 Å². The molecular formula is C17H25N5OS. The van der Waals surface area contributed by atoms with Crippen molar-refractivity contribution in [3.8, 4) is 0 Å². The second-order valence-corrected chi connectivity index (χ2v) is 7.57. The minimum Gasteiger partial charge on any atom is -0.345 e. The molecule has 0 aliphatic carbocycles. The van der Waals surface area contributed by atoms with Gasteiger partial charge in [0.1, 0.15) is 16.3 Å². The molecular weight excluding hydrogens is 322 g/mol. The zero-order valence-electron chi connectivity index (χ0n) is 14.6. The lowest BCUT2D eigenvalue weighted by molar-refractivity contribution is 0.664. The van der Waals surface area contributed by atoms with Gasteiger partial charge in [0.2, 0.25) is 0 Å². The van der Waals surface area contributed by atoms with E-state index in [1.807, 2.05) is 20.0 Å². The van der Waals surface area contributed by atoms with Gasteiger partial charge in [-0.15, -0.1) is 0 Å². The van der Waals surface area contributed by atoms with E-state index in [-0.39, 0.29) is 0 Å². The van der Waals surface area contributed by atoms with Crippen LogP contribution in [-0.4, -0.2) is 37.2 Å². The fourth-order valence-corrected chi connectivity index (χ4v) is 4.42. The fraction of sp³-hybridized carbons (Fsp3) is 0.588. The summed E-state index contributed by atoms with van der Waals surface area (Å²) in [6.07, 6.45) is 5.78. The van der Waals surface area contributed by atoms with Gasteiger partial charge in [0.25, 0.3) is 0 Å². The van der Waals surface area contributed by atoms with Gasteiger partial charge >= 0.3 is 0 Å². The Kier molecular flexibility index (Phi) is 5.28. The Balaban J connectivity index is 1.78. The van der Waals surface area contributed by atoms with E-state index in [1.54, 1.807) is 4.09 Å². The zero-order chi connectivity index (χ0) is 17.1. The number of unbranched alkanes of at least 4 members (excludes halogenated alkanes) is 1. The summed E-state index contributed by atoms with van der Waals surface area (Å²) >= 11 is 0. The molecule has 0 bridgehead atoms. The third kappa shape index (κ3) is 3.36. The lowest BCUT2D eigenvalue weighted by Crippen LogP contribution is -2.30. The van der Waals surface area contributed by atoms with E-state index in [4.69, 9.17) is 0 Å². The lowest BCUT2D eigenvalue weighted by atomic mass is 10.0. The van der Waals surface area contributed by atoms with Crippen molar-refractivity contribution in [2.45, 2.75) is 46.5 Å². The van der Waals surface area contributed by atoms with E-state index in [2.05, 4.69) is 27.0 Å². The van der Waals surface area contributed by atoms with Gasteiger partial charge in [-0.1, -0.05) is 13.3 Å². The number of aromatic amines is 1.